The normalized spacial score (nSPS) is 17.8. The number of rotatable bonds is 2. The summed E-state index contributed by atoms with van der Waals surface area (Å²) in [5.74, 6) is 0.658. The number of hydrogen-bond donors (Lipinski definition) is 1. The molecule has 0 aliphatic carbocycles. The highest BCUT2D eigenvalue weighted by Crippen LogP contribution is 2.20. The molecule has 1 aromatic carbocycles. The van der Waals surface area contributed by atoms with Crippen molar-refractivity contribution in [3.8, 4) is 11.4 Å². The average molecular weight is 349 g/mol. The smallest absolute Gasteiger partial charge is 0.254 e. The molecule has 1 fully saturated rings. The largest absolute Gasteiger partial charge is 0.354 e. The van der Waals surface area contributed by atoms with Crippen molar-refractivity contribution < 1.29 is 9.59 Å². The number of benzene rings is 1. The van der Waals surface area contributed by atoms with Crippen molar-refractivity contribution in [2.75, 3.05) is 13.1 Å². The molecule has 26 heavy (non-hydrogen) atoms. The third-order valence-electron chi connectivity index (χ3n) is 4.67. The van der Waals surface area contributed by atoms with Crippen LogP contribution in [0, 0.1) is 0 Å². The quantitative estimate of drug-likeness (QED) is 0.764. The minimum atomic E-state index is -0.0633. The summed E-state index contributed by atoms with van der Waals surface area (Å²) in [6, 6.07) is 13.1. The average Bonchev–Trinajstić information content (AvgIpc) is 3.02. The van der Waals surface area contributed by atoms with Gasteiger partial charge in [0.25, 0.3) is 5.91 Å². The molecule has 1 N–H and O–H groups in total. The molecule has 7 nitrogen and oxygen atoms in total. The molecule has 0 bridgehead atoms. The van der Waals surface area contributed by atoms with Crippen LogP contribution in [0.4, 0.5) is 0 Å². The Kier molecular flexibility index (Phi) is 4.12. The number of amides is 2. The molecule has 7 heteroatoms. The Balaban J connectivity index is 1.59. The van der Waals surface area contributed by atoms with Crippen LogP contribution in [0.25, 0.3) is 17.0 Å². The van der Waals surface area contributed by atoms with Gasteiger partial charge in [-0.15, -0.1) is 10.2 Å². The van der Waals surface area contributed by atoms with Crippen molar-refractivity contribution in [3.63, 3.8) is 0 Å². The van der Waals surface area contributed by atoms with Crippen molar-refractivity contribution in [2.45, 2.75) is 19.4 Å². The fourth-order valence-corrected chi connectivity index (χ4v) is 3.17. The summed E-state index contributed by atoms with van der Waals surface area (Å²) in [4.78, 5) is 26.1. The van der Waals surface area contributed by atoms with Crippen LogP contribution >= 0.6 is 0 Å². The maximum atomic E-state index is 12.8. The SMILES string of the molecule is C[C@@H]1CNC(=O)CCN1C(=O)c1ccc(-c2nnc3ccccn23)cc1. The Hall–Kier alpha value is -3.22. The van der Waals surface area contributed by atoms with Gasteiger partial charge in [-0.3, -0.25) is 14.0 Å². The van der Waals surface area contributed by atoms with Crippen LogP contribution in [-0.2, 0) is 4.79 Å². The Bertz CT molecular complexity index is 963. The summed E-state index contributed by atoms with van der Waals surface area (Å²) in [7, 11) is 0. The molecular formula is C19H19N5O2. The van der Waals surface area contributed by atoms with Gasteiger partial charge in [0.05, 0.1) is 0 Å². The van der Waals surface area contributed by atoms with Crippen molar-refractivity contribution in [3.05, 3.63) is 54.2 Å². The number of carbonyl (C=O) groups excluding carboxylic acids is 2. The summed E-state index contributed by atoms with van der Waals surface area (Å²) >= 11 is 0. The predicted octanol–water partition coefficient (Wildman–Crippen LogP) is 1.75. The minimum absolute atomic E-state index is 0.0128. The molecule has 1 aliphatic heterocycles. The lowest BCUT2D eigenvalue weighted by Gasteiger charge is -2.26. The van der Waals surface area contributed by atoms with Crippen molar-refractivity contribution in [2.24, 2.45) is 0 Å². The Morgan fingerprint density at radius 2 is 1.96 bits per heavy atom. The summed E-state index contributed by atoms with van der Waals surface area (Å²) < 4.78 is 1.91. The van der Waals surface area contributed by atoms with Gasteiger partial charge in [0.15, 0.2) is 11.5 Å². The molecular weight excluding hydrogens is 330 g/mol. The number of hydrogen-bond acceptors (Lipinski definition) is 4. The summed E-state index contributed by atoms with van der Waals surface area (Å²) in [6.07, 6.45) is 2.24. The van der Waals surface area contributed by atoms with Crippen LogP contribution in [0.15, 0.2) is 48.7 Å². The Labute approximate surface area is 150 Å². The summed E-state index contributed by atoms with van der Waals surface area (Å²) in [5.41, 5.74) is 2.27. The molecule has 3 aromatic rings. The zero-order valence-corrected chi connectivity index (χ0v) is 14.4. The van der Waals surface area contributed by atoms with E-state index >= 15 is 0 Å². The molecule has 132 valence electrons. The minimum Gasteiger partial charge on any atom is -0.354 e. The van der Waals surface area contributed by atoms with Gasteiger partial charge in [0, 0.05) is 42.9 Å². The molecule has 0 spiro atoms. The van der Waals surface area contributed by atoms with Crippen LogP contribution in [0.1, 0.15) is 23.7 Å². The van der Waals surface area contributed by atoms with E-state index in [2.05, 4.69) is 15.5 Å². The van der Waals surface area contributed by atoms with Crippen LogP contribution < -0.4 is 5.32 Å². The van der Waals surface area contributed by atoms with Gasteiger partial charge in [-0.1, -0.05) is 18.2 Å². The number of fused-ring (bicyclic) bond motifs is 1. The molecule has 1 atom stereocenters. The lowest BCUT2D eigenvalue weighted by Crippen LogP contribution is -2.41. The highest BCUT2D eigenvalue weighted by Gasteiger charge is 2.25. The van der Waals surface area contributed by atoms with E-state index in [-0.39, 0.29) is 17.9 Å². The molecule has 1 saturated heterocycles. The first-order valence-electron chi connectivity index (χ1n) is 8.61. The molecule has 3 heterocycles. The van der Waals surface area contributed by atoms with Gasteiger partial charge < -0.3 is 10.2 Å². The van der Waals surface area contributed by atoms with Gasteiger partial charge in [-0.2, -0.15) is 0 Å². The Morgan fingerprint density at radius 1 is 1.15 bits per heavy atom. The lowest BCUT2D eigenvalue weighted by atomic mass is 10.1. The zero-order valence-electron chi connectivity index (χ0n) is 14.4. The Morgan fingerprint density at radius 3 is 2.77 bits per heavy atom. The number of carbonyl (C=O) groups is 2. The second-order valence-corrected chi connectivity index (χ2v) is 6.43. The first kappa shape index (κ1) is 16.3. The summed E-state index contributed by atoms with van der Waals surface area (Å²) in [5, 5.41) is 11.2. The van der Waals surface area contributed by atoms with E-state index < -0.39 is 0 Å². The van der Waals surface area contributed by atoms with Crippen molar-refractivity contribution in [1.82, 2.24) is 24.8 Å². The number of pyridine rings is 1. The highest BCUT2D eigenvalue weighted by molar-refractivity contribution is 5.95. The molecule has 1 aliphatic rings. The number of aromatic nitrogens is 3. The van der Waals surface area contributed by atoms with E-state index in [0.29, 0.717) is 25.1 Å². The fourth-order valence-electron chi connectivity index (χ4n) is 3.17. The first-order chi connectivity index (χ1) is 12.6. The standard InChI is InChI=1S/C19H19N5O2/c1-13-12-20-17(25)9-11-23(13)19(26)15-7-5-14(6-8-15)18-22-21-16-4-2-3-10-24(16)18/h2-8,10,13H,9,11-12H2,1H3,(H,20,25)/t13-/m1/s1. The second-order valence-electron chi connectivity index (χ2n) is 6.43. The predicted molar refractivity (Wildman–Crippen MR) is 96.5 cm³/mol. The number of nitrogens with zero attached hydrogens (tertiary/aromatic N) is 4. The van der Waals surface area contributed by atoms with Crippen molar-refractivity contribution >= 4 is 17.5 Å². The maximum Gasteiger partial charge on any atom is 0.254 e. The van der Waals surface area contributed by atoms with Gasteiger partial charge in [-0.25, -0.2) is 0 Å². The molecule has 2 amide bonds. The van der Waals surface area contributed by atoms with Crippen molar-refractivity contribution in [1.29, 1.82) is 0 Å². The van der Waals surface area contributed by atoms with Gasteiger partial charge in [0.1, 0.15) is 0 Å². The third kappa shape index (κ3) is 2.92. The summed E-state index contributed by atoms with van der Waals surface area (Å²) in [6.45, 7) is 2.86. The molecule has 0 saturated carbocycles. The monoisotopic (exact) mass is 349 g/mol. The van der Waals surface area contributed by atoms with Gasteiger partial charge in [-0.05, 0) is 31.2 Å². The van der Waals surface area contributed by atoms with E-state index in [1.807, 2.05) is 47.9 Å². The van der Waals surface area contributed by atoms with E-state index in [0.717, 1.165) is 17.0 Å². The van der Waals surface area contributed by atoms with E-state index in [9.17, 15) is 9.59 Å². The number of nitrogens with one attached hydrogen (secondary N) is 1. The highest BCUT2D eigenvalue weighted by atomic mass is 16.2. The fraction of sp³-hybridized carbons (Fsp3) is 0.263. The molecule has 0 radical (unpaired) electrons. The van der Waals surface area contributed by atoms with Crippen LogP contribution in [-0.4, -0.2) is 50.4 Å². The lowest BCUT2D eigenvalue weighted by molar-refractivity contribution is -0.120. The second kappa shape index (κ2) is 6.59. The topological polar surface area (TPSA) is 79.6 Å². The zero-order chi connectivity index (χ0) is 18.1. The van der Waals surface area contributed by atoms with Crippen LogP contribution in [0.2, 0.25) is 0 Å². The maximum absolute atomic E-state index is 12.8. The molecule has 0 unspecified atom stereocenters. The third-order valence-corrected chi connectivity index (χ3v) is 4.67. The first-order valence-corrected chi connectivity index (χ1v) is 8.61. The van der Waals surface area contributed by atoms with Crippen LogP contribution in [0.3, 0.4) is 0 Å². The van der Waals surface area contributed by atoms with E-state index in [4.69, 9.17) is 0 Å². The van der Waals surface area contributed by atoms with E-state index in [1.165, 1.54) is 0 Å². The van der Waals surface area contributed by atoms with E-state index in [1.54, 1.807) is 17.0 Å². The molecule has 4 rings (SSSR count). The molecule has 2 aromatic heterocycles. The van der Waals surface area contributed by atoms with Gasteiger partial charge in [0.2, 0.25) is 5.91 Å². The van der Waals surface area contributed by atoms with Crippen LogP contribution in [0.5, 0.6) is 0 Å². The van der Waals surface area contributed by atoms with Gasteiger partial charge >= 0.3 is 0 Å².